The Balaban J connectivity index is 2.11. The van der Waals surface area contributed by atoms with Gasteiger partial charge in [0, 0.05) is 18.2 Å². The van der Waals surface area contributed by atoms with Gasteiger partial charge in [-0.1, -0.05) is 55.8 Å². The molecule has 0 bridgehead atoms. The second-order valence-electron chi connectivity index (χ2n) is 5.54. The first-order valence-corrected chi connectivity index (χ1v) is 7.25. The van der Waals surface area contributed by atoms with Crippen molar-refractivity contribution in [2.75, 3.05) is 0 Å². The summed E-state index contributed by atoms with van der Waals surface area (Å²) in [5, 5.41) is 3.29. The maximum Gasteiger partial charge on any atom is 0.165 e. The molecule has 0 heterocycles. The van der Waals surface area contributed by atoms with Crippen molar-refractivity contribution < 1.29 is 9.13 Å². The second kappa shape index (κ2) is 7.23. The molecule has 0 saturated heterocycles. The molecule has 0 fully saturated rings. The fraction of sp³-hybridized carbons (Fsp3) is 0.333. The van der Waals surface area contributed by atoms with Crippen LogP contribution in [0.4, 0.5) is 4.39 Å². The van der Waals surface area contributed by atoms with E-state index in [-0.39, 0.29) is 5.82 Å². The van der Waals surface area contributed by atoms with Crippen molar-refractivity contribution >= 4 is 0 Å². The van der Waals surface area contributed by atoms with Gasteiger partial charge in [0.1, 0.15) is 6.61 Å². The summed E-state index contributed by atoms with van der Waals surface area (Å²) in [5.41, 5.74) is 3.06. The van der Waals surface area contributed by atoms with Crippen LogP contribution in [0.15, 0.2) is 42.5 Å². The smallest absolute Gasteiger partial charge is 0.165 e. The summed E-state index contributed by atoms with van der Waals surface area (Å²) in [6.07, 6.45) is 0. The van der Waals surface area contributed by atoms with Crippen molar-refractivity contribution in [3.05, 3.63) is 65.0 Å². The lowest BCUT2D eigenvalue weighted by Gasteiger charge is -2.14. The standard InChI is InChI=1S/C18H22FNO/c1-13(2)20-11-16-8-5-9-17(19)18(16)21-12-15-7-4-6-14(3)10-15/h4-10,13,20H,11-12H2,1-3H3. The Morgan fingerprint density at radius 2 is 1.90 bits per heavy atom. The number of halogens is 1. The topological polar surface area (TPSA) is 21.3 Å². The molecule has 2 aromatic carbocycles. The molecule has 2 nitrogen and oxygen atoms in total. The van der Waals surface area contributed by atoms with Gasteiger partial charge in [0.2, 0.25) is 0 Å². The van der Waals surface area contributed by atoms with Crippen LogP contribution in [-0.4, -0.2) is 6.04 Å². The lowest BCUT2D eigenvalue weighted by atomic mass is 10.1. The van der Waals surface area contributed by atoms with Crippen molar-refractivity contribution in [2.45, 2.75) is 40.0 Å². The highest BCUT2D eigenvalue weighted by molar-refractivity contribution is 5.35. The third-order valence-electron chi connectivity index (χ3n) is 3.21. The molecular formula is C18H22FNO. The van der Waals surface area contributed by atoms with Gasteiger partial charge in [-0.15, -0.1) is 0 Å². The highest BCUT2D eigenvalue weighted by Crippen LogP contribution is 2.24. The van der Waals surface area contributed by atoms with Crippen molar-refractivity contribution in [1.29, 1.82) is 0 Å². The predicted octanol–water partition coefficient (Wildman–Crippen LogP) is 4.21. The molecule has 2 rings (SSSR count). The fourth-order valence-corrected chi connectivity index (χ4v) is 2.13. The van der Waals surface area contributed by atoms with E-state index in [4.69, 9.17) is 4.74 Å². The molecule has 0 aliphatic heterocycles. The third kappa shape index (κ3) is 4.57. The first-order chi connectivity index (χ1) is 10.1. The first kappa shape index (κ1) is 15.5. The van der Waals surface area contributed by atoms with Crippen molar-refractivity contribution in [2.24, 2.45) is 0 Å². The molecule has 21 heavy (non-hydrogen) atoms. The van der Waals surface area contributed by atoms with E-state index in [1.165, 1.54) is 11.6 Å². The van der Waals surface area contributed by atoms with E-state index in [0.29, 0.717) is 24.9 Å². The van der Waals surface area contributed by atoms with Crippen LogP contribution < -0.4 is 10.1 Å². The van der Waals surface area contributed by atoms with Crippen LogP contribution >= 0.6 is 0 Å². The first-order valence-electron chi connectivity index (χ1n) is 7.25. The van der Waals surface area contributed by atoms with Gasteiger partial charge in [-0.2, -0.15) is 0 Å². The predicted molar refractivity (Wildman–Crippen MR) is 83.9 cm³/mol. The molecule has 0 aromatic heterocycles. The van der Waals surface area contributed by atoms with Gasteiger partial charge < -0.3 is 10.1 Å². The van der Waals surface area contributed by atoms with Crippen molar-refractivity contribution in [1.82, 2.24) is 5.32 Å². The minimum atomic E-state index is -0.314. The Labute approximate surface area is 126 Å². The fourth-order valence-electron chi connectivity index (χ4n) is 2.13. The Hall–Kier alpha value is -1.87. The number of nitrogens with one attached hydrogen (secondary N) is 1. The maximum atomic E-state index is 14.0. The minimum Gasteiger partial charge on any atom is -0.485 e. The van der Waals surface area contributed by atoms with Gasteiger partial charge in [-0.05, 0) is 18.6 Å². The summed E-state index contributed by atoms with van der Waals surface area (Å²) in [7, 11) is 0. The molecule has 2 aromatic rings. The number of rotatable bonds is 6. The summed E-state index contributed by atoms with van der Waals surface area (Å²) in [5.74, 6) is 0.0258. The molecule has 1 N–H and O–H groups in total. The van der Waals surface area contributed by atoms with Crippen LogP contribution in [0.1, 0.15) is 30.5 Å². The summed E-state index contributed by atoms with van der Waals surface area (Å²) in [6.45, 7) is 7.12. The lowest BCUT2D eigenvalue weighted by molar-refractivity contribution is 0.285. The number of para-hydroxylation sites is 1. The number of ether oxygens (including phenoxy) is 1. The molecule has 0 amide bonds. The minimum absolute atomic E-state index is 0.314. The molecule has 0 radical (unpaired) electrons. The van der Waals surface area contributed by atoms with Gasteiger partial charge in [-0.25, -0.2) is 4.39 Å². The average Bonchev–Trinajstić information content (AvgIpc) is 2.44. The molecular weight excluding hydrogens is 265 g/mol. The van der Waals surface area contributed by atoms with Crippen LogP contribution in [0, 0.1) is 12.7 Å². The van der Waals surface area contributed by atoms with E-state index in [9.17, 15) is 4.39 Å². The number of aryl methyl sites for hydroxylation is 1. The zero-order valence-electron chi connectivity index (χ0n) is 12.8. The SMILES string of the molecule is Cc1cccc(COc2c(F)cccc2CNC(C)C)c1. The van der Waals surface area contributed by atoms with Gasteiger partial charge in [0.15, 0.2) is 11.6 Å². The monoisotopic (exact) mass is 287 g/mol. The van der Waals surface area contributed by atoms with Gasteiger partial charge >= 0.3 is 0 Å². The molecule has 0 spiro atoms. The summed E-state index contributed by atoms with van der Waals surface area (Å²) < 4.78 is 19.7. The highest BCUT2D eigenvalue weighted by atomic mass is 19.1. The molecule has 0 aliphatic rings. The third-order valence-corrected chi connectivity index (χ3v) is 3.21. The molecule has 0 unspecified atom stereocenters. The zero-order chi connectivity index (χ0) is 15.2. The number of benzene rings is 2. The molecule has 0 aliphatic carbocycles. The number of hydrogen-bond acceptors (Lipinski definition) is 2. The highest BCUT2D eigenvalue weighted by Gasteiger charge is 2.10. The average molecular weight is 287 g/mol. The number of hydrogen-bond donors (Lipinski definition) is 1. The molecule has 112 valence electrons. The van der Waals surface area contributed by atoms with Crippen LogP contribution in [0.2, 0.25) is 0 Å². The van der Waals surface area contributed by atoms with E-state index in [1.807, 2.05) is 37.3 Å². The van der Waals surface area contributed by atoms with Gasteiger partial charge in [0.05, 0.1) is 0 Å². The quantitative estimate of drug-likeness (QED) is 0.859. The molecule has 0 atom stereocenters. The van der Waals surface area contributed by atoms with Crippen LogP contribution in [0.5, 0.6) is 5.75 Å². The zero-order valence-corrected chi connectivity index (χ0v) is 12.8. The Bertz CT molecular complexity index is 596. The van der Waals surface area contributed by atoms with E-state index < -0.39 is 0 Å². The Morgan fingerprint density at radius 3 is 2.62 bits per heavy atom. The van der Waals surface area contributed by atoms with E-state index in [1.54, 1.807) is 6.07 Å². The van der Waals surface area contributed by atoms with Crippen LogP contribution in [-0.2, 0) is 13.2 Å². The molecule has 0 saturated carbocycles. The second-order valence-corrected chi connectivity index (χ2v) is 5.54. The largest absolute Gasteiger partial charge is 0.485 e. The Kier molecular flexibility index (Phi) is 5.34. The summed E-state index contributed by atoms with van der Waals surface area (Å²) in [4.78, 5) is 0. The molecule has 3 heteroatoms. The lowest BCUT2D eigenvalue weighted by Crippen LogP contribution is -2.22. The van der Waals surface area contributed by atoms with E-state index in [2.05, 4.69) is 19.2 Å². The van der Waals surface area contributed by atoms with E-state index in [0.717, 1.165) is 11.1 Å². The van der Waals surface area contributed by atoms with Crippen molar-refractivity contribution in [3.63, 3.8) is 0 Å². The van der Waals surface area contributed by atoms with Gasteiger partial charge in [0.25, 0.3) is 0 Å². The normalized spacial score (nSPS) is 10.9. The Morgan fingerprint density at radius 1 is 1.14 bits per heavy atom. The van der Waals surface area contributed by atoms with E-state index >= 15 is 0 Å². The van der Waals surface area contributed by atoms with Gasteiger partial charge in [-0.3, -0.25) is 0 Å². The summed E-state index contributed by atoms with van der Waals surface area (Å²) in [6, 6.07) is 13.4. The van der Waals surface area contributed by atoms with Crippen molar-refractivity contribution in [3.8, 4) is 5.75 Å². The summed E-state index contributed by atoms with van der Waals surface area (Å²) >= 11 is 0. The maximum absolute atomic E-state index is 14.0. The van der Waals surface area contributed by atoms with Crippen LogP contribution in [0.3, 0.4) is 0 Å². The van der Waals surface area contributed by atoms with Crippen LogP contribution in [0.25, 0.3) is 0 Å².